The number of carbonyl (C=O) groups excluding carboxylic acids is 1. The maximum Gasteiger partial charge on any atom is 0.266 e. The van der Waals surface area contributed by atoms with Crippen LogP contribution in [-0.2, 0) is 4.79 Å². The summed E-state index contributed by atoms with van der Waals surface area (Å²) >= 11 is 0. The van der Waals surface area contributed by atoms with E-state index in [0.29, 0.717) is 19.0 Å². The number of nitriles is 1. The molecule has 1 N–H and O–H groups in total. The lowest BCUT2D eigenvalue weighted by molar-refractivity contribution is -0.128. The molecule has 0 aliphatic carbocycles. The number of likely N-dealkylation sites (tertiary alicyclic amines) is 1. The fraction of sp³-hybridized carbons (Fsp3) is 0.412. The maximum atomic E-state index is 12.4. The lowest BCUT2D eigenvalue weighted by Crippen LogP contribution is -2.38. The van der Waals surface area contributed by atoms with E-state index in [4.69, 9.17) is 0 Å². The summed E-state index contributed by atoms with van der Waals surface area (Å²) in [6.45, 7) is 3.60. The number of nitrogens with zero attached hydrogens (tertiary/aromatic N) is 3. The van der Waals surface area contributed by atoms with Gasteiger partial charge in [-0.2, -0.15) is 5.26 Å². The van der Waals surface area contributed by atoms with Gasteiger partial charge in [0, 0.05) is 32.0 Å². The van der Waals surface area contributed by atoms with Crippen molar-refractivity contribution in [1.29, 1.82) is 5.26 Å². The van der Waals surface area contributed by atoms with Gasteiger partial charge in [-0.3, -0.25) is 4.79 Å². The lowest BCUT2D eigenvalue weighted by Gasteiger charge is -2.30. The summed E-state index contributed by atoms with van der Waals surface area (Å²) < 4.78 is 0. The number of piperidine rings is 1. The Hall–Kier alpha value is -2.48. The summed E-state index contributed by atoms with van der Waals surface area (Å²) in [5.74, 6) is 0.610. The molecule has 1 saturated heterocycles. The van der Waals surface area contributed by atoms with E-state index in [-0.39, 0.29) is 17.2 Å². The molecular weight excluding hydrogens is 278 g/mol. The number of carbonyl (C=O) groups is 1. The van der Waals surface area contributed by atoms with Crippen molar-refractivity contribution in [2.24, 2.45) is 5.92 Å². The van der Waals surface area contributed by atoms with E-state index in [1.807, 2.05) is 6.07 Å². The molecule has 1 heterocycles. The molecule has 5 nitrogen and oxygen atoms in total. The standard InChI is InChI=1S/C17H21N3O2/c1-13-7-9-20(10-8-13)17(22)14(11-18)12-19(2)15-3-5-16(21)6-4-15/h3-6,12-13,21H,7-10H2,1-2H3/b14-12-. The summed E-state index contributed by atoms with van der Waals surface area (Å²) in [4.78, 5) is 15.9. The van der Waals surface area contributed by atoms with Crippen molar-refractivity contribution >= 4 is 11.6 Å². The molecule has 1 aliphatic heterocycles. The summed E-state index contributed by atoms with van der Waals surface area (Å²) in [6, 6.07) is 8.60. The molecule has 22 heavy (non-hydrogen) atoms. The van der Waals surface area contributed by atoms with Crippen LogP contribution in [0.3, 0.4) is 0 Å². The number of hydrogen-bond acceptors (Lipinski definition) is 4. The second kappa shape index (κ2) is 6.99. The molecule has 1 fully saturated rings. The van der Waals surface area contributed by atoms with E-state index < -0.39 is 0 Å². The summed E-state index contributed by atoms with van der Waals surface area (Å²) in [6.07, 6.45) is 3.52. The molecule has 0 saturated carbocycles. The van der Waals surface area contributed by atoms with Crippen LogP contribution in [0.2, 0.25) is 0 Å². The average molecular weight is 299 g/mol. The van der Waals surface area contributed by atoms with Crippen molar-refractivity contribution in [2.45, 2.75) is 19.8 Å². The predicted octanol–water partition coefficient (Wildman–Crippen LogP) is 2.49. The lowest BCUT2D eigenvalue weighted by atomic mass is 9.99. The molecule has 0 radical (unpaired) electrons. The molecule has 1 aromatic rings. The number of phenols is 1. The molecule has 1 aromatic carbocycles. The molecule has 0 atom stereocenters. The minimum atomic E-state index is -0.208. The molecule has 116 valence electrons. The molecule has 0 unspecified atom stereocenters. The third kappa shape index (κ3) is 3.79. The highest BCUT2D eigenvalue weighted by Crippen LogP contribution is 2.20. The maximum absolute atomic E-state index is 12.4. The van der Waals surface area contributed by atoms with Crippen LogP contribution in [0.25, 0.3) is 0 Å². The summed E-state index contributed by atoms with van der Waals surface area (Å²) in [5.41, 5.74) is 0.927. The first-order valence-corrected chi connectivity index (χ1v) is 7.44. The van der Waals surface area contributed by atoms with Crippen molar-refractivity contribution in [1.82, 2.24) is 4.90 Å². The van der Waals surface area contributed by atoms with E-state index in [9.17, 15) is 15.2 Å². The van der Waals surface area contributed by atoms with Gasteiger partial charge in [0.05, 0.1) is 0 Å². The predicted molar refractivity (Wildman–Crippen MR) is 85.2 cm³/mol. The largest absolute Gasteiger partial charge is 0.508 e. The molecule has 0 spiro atoms. The highest BCUT2D eigenvalue weighted by molar-refractivity contribution is 5.97. The van der Waals surface area contributed by atoms with E-state index in [2.05, 4.69) is 6.92 Å². The van der Waals surface area contributed by atoms with Crippen LogP contribution in [0.5, 0.6) is 5.75 Å². The monoisotopic (exact) mass is 299 g/mol. The van der Waals surface area contributed by atoms with Gasteiger partial charge in [-0.1, -0.05) is 6.92 Å². The zero-order valence-corrected chi connectivity index (χ0v) is 13.0. The number of anilines is 1. The Kier molecular flexibility index (Phi) is 5.05. The van der Waals surface area contributed by atoms with Gasteiger partial charge in [0.2, 0.25) is 0 Å². The number of benzene rings is 1. The van der Waals surface area contributed by atoms with Crippen molar-refractivity contribution < 1.29 is 9.90 Å². The average Bonchev–Trinajstić information content (AvgIpc) is 2.53. The zero-order valence-electron chi connectivity index (χ0n) is 13.0. The van der Waals surface area contributed by atoms with Crippen LogP contribution in [0.1, 0.15) is 19.8 Å². The zero-order chi connectivity index (χ0) is 16.1. The van der Waals surface area contributed by atoms with Gasteiger partial charge in [0.25, 0.3) is 5.91 Å². The number of aromatic hydroxyl groups is 1. The first-order chi connectivity index (χ1) is 10.5. The van der Waals surface area contributed by atoms with Gasteiger partial charge >= 0.3 is 0 Å². The second-order valence-corrected chi connectivity index (χ2v) is 5.76. The van der Waals surface area contributed by atoms with Crippen LogP contribution >= 0.6 is 0 Å². The van der Waals surface area contributed by atoms with Crippen LogP contribution in [0.4, 0.5) is 5.69 Å². The molecule has 0 aromatic heterocycles. The molecule has 5 heteroatoms. The Morgan fingerprint density at radius 1 is 1.36 bits per heavy atom. The van der Waals surface area contributed by atoms with Gasteiger partial charge < -0.3 is 14.9 Å². The fourth-order valence-corrected chi connectivity index (χ4v) is 2.47. The number of phenolic OH excluding ortho intramolecular Hbond substituents is 1. The number of hydrogen-bond donors (Lipinski definition) is 1. The Labute approximate surface area is 131 Å². The van der Waals surface area contributed by atoms with Crippen LogP contribution in [0.15, 0.2) is 36.0 Å². The van der Waals surface area contributed by atoms with Crippen molar-refractivity contribution in [3.05, 3.63) is 36.0 Å². The van der Waals surface area contributed by atoms with Crippen molar-refractivity contribution in [3.63, 3.8) is 0 Å². The Morgan fingerprint density at radius 2 is 1.95 bits per heavy atom. The quantitative estimate of drug-likeness (QED) is 0.688. The van der Waals surface area contributed by atoms with Gasteiger partial charge in [0.1, 0.15) is 17.4 Å². The fourth-order valence-electron chi connectivity index (χ4n) is 2.47. The third-order valence-corrected chi connectivity index (χ3v) is 4.00. The molecule has 1 amide bonds. The Balaban J connectivity index is 2.11. The highest BCUT2D eigenvalue weighted by atomic mass is 16.3. The van der Waals surface area contributed by atoms with Gasteiger partial charge in [-0.05, 0) is 43.0 Å². The molecule has 2 rings (SSSR count). The van der Waals surface area contributed by atoms with Crippen LogP contribution < -0.4 is 4.90 Å². The highest BCUT2D eigenvalue weighted by Gasteiger charge is 2.23. The topological polar surface area (TPSA) is 67.6 Å². The van der Waals surface area contributed by atoms with Crippen LogP contribution in [-0.4, -0.2) is 36.1 Å². The first-order valence-electron chi connectivity index (χ1n) is 7.44. The number of amides is 1. The van der Waals surface area contributed by atoms with Gasteiger partial charge in [0.15, 0.2) is 0 Å². The van der Waals surface area contributed by atoms with Crippen molar-refractivity contribution in [3.8, 4) is 11.8 Å². The number of rotatable bonds is 3. The third-order valence-electron chi connectivity index (χ3n) is 4.00. The molecule has 1 aliphatic rings. The normalized spacial score (nSPS) is 16.2. The van der Waals surface area contributed by atoms with E-state index >= 15 is 0 Å². The molecule has 0 bridgehead atoms. The van der Waals surface area contributed by atoms with Crippen LogP contribution in [0, 0.1) is 17.2 Å². The first kappa shape index (κ1) is 15.9. The van der Waals surface area contributed by atoms with E-state index in [0.717, 1.165) is 18.5 Å². The SMILES string of the molecule is CC1CCN(C(=O)/C(C#N)=C\N(C)c2ccc(O)cc2)CC1. The second-order valence-electron chi connectivity index (χ2n) is 5.76. The smallest absolute Gasteiger partial charge is 0.266 e. The van der Waals surface area contributed by atoms with Crippen molar-refractivity contribution in [2.75, 3.05) is 25.0 Å². The summed E-state index contributed by atoms with van der Waals surface area (Å²) in [5, 5.41) is 18.6. The summed E-state index contributed by atoms with van der Waals surface area (Å²) in [7, 11) is 1.77. The van der Waals surface area contributed by atoms with E-state index in [1.165, 1.54) is 0 Å². The van der Waals surface area contributed by atoms with E-state index in [1.54, 1.807) is 47.3 Å². The van der Waals surface area contributed by atoms with Gasteiger partial charge in [-0.15, -0.1) is 0 Å². The van der Waals surface area contributed by atoms with Gasteiger partial charge in [-0.25, -0.2) is 0 Å². The minimum absolute atomic E-state index is 0.130. The minimum Gasteiger partial charge on any atom is -0.508 e. The molecular formula is C17H21N3O2. The Bertz CT molecular complexity index is 593. The Morgan fingerprint density at radius 3 is 2.50 bits per heavy atom.